The highest BCUT2D eigenvalue weighted by Crippen LogP contribution is 2.59. The number of allylic oxidation sites excluding steroid dienone is 1. The first-order valence-electron chi connectivity index (χ1n) is 4.36. The van der Waals surface area contributed by atoms with Crippen LogP contribution in [0.1, 0.15) is 27.2 Å². The van der Waals surface area contributed by atoms with Gasteiger partial charge in [0, 0.05) is 0 Å². The molecule has 0 heterocycles. The van der Waals surface area contributed by atoms with E-state index in [0.717, 1.165) is 0 Å². The largest absolute Gasteiger partial charge is 0.386 e. The summed E-state index contributed by atoms with van der Waals surface area (Å²) in [4.78, 5) is 0. The van der Waals surface area contributed by atoms with Crippen molar-refractivity contribution >= 4 is 0 Å². The van der Waals surface area contributed by atoms with E-state index in [1.807, 2.05) is 13.0 Å². The Labute approximate surface area is 68.1 Å². The molecule has 0 amide bonds. The molecule has 0 aliphatic heterocycles. The predicted molar refractivity (Wildman–Crippen MR) is 45.1 cm³/mol. The van der Waals surface area contributed by atoms with E-state index in [1.54, 1.807) is 0 Å². The number of aliphatic hydroxyl groups is 1. The molecule has 3 atom stereocenters. The fraction of sp³-hybridized carbons (Fsp3) is 0.800. The molecule has 2 bridgehead atoms. The zero-order valence-corrected chi connectivity index (χ0v) is 7.46. The van der Waals surface area contributed by atoms with Crippen LogP contribution in [0.2, 0.25) is 0 Å². The van der Waals surface area contributed by atoms with Crippen LogP contribution in [0.25, 0.3) is 0 Å². The van der Waals surface area contributed by atoms with Crippen LogP contribution in [0.3, 0.4) is 0 Å². The molecule has 0 aromatic carbocycles. The second-order valence-electron chi connectivity index (χ2n) is 4.80. The summed E-state index contributed by atoms with van der Waals surface area (Å²) in [5.74, 6) is 1.19. The van der Waals surface area contributed by atoms with E-state index in [0.29, 0.717) is 17.3 Å². The molecule has 0 radical (unpaired) electrons. The van der Waals surface area contributed by atoms with Gasteiger partial charge < -0.3 is 5.11 Å². The van der Waals surface area contributed by atoms with E-state index >= 15 is 0 Å². The summed E-state index contributed by atoms with van der Waals surface area (Å²) in [6.45, 7) is 6.43. The van der Waals surface area contributed by atoms with Crippen LogP contribution in [0.5, 0.6) is 0 Å². The summed E-state index contributed by atoms with van der Waals surface area (Å²) in [7, 11) is 0. The average molecular weight is 152 g/mol. The van der Waals surface area contributed by atoms with E-state index in [-0.39, 0.29) is 0 Å². The molecule has 0 spiro atoms. The molecule has 62 valence electrons. The normalized spacial score (nSPS) is 52.0. The molecule has 3 aliphatic rings. The Kier molecular flexibility index (Phi) is 1.15. The molecular formula is C10H16O. The zero-order chi connectivity index (χ0) is 8.28. The van der Waals surface area contributed by atoms with Gasteiger partial charge in [-0.3, -0.25) is 0 Å². The summed E-state index contributed by atoms with van der Waals surface area (Å²) < 4.78 is 0. The molecule has 1 N–H and O–H groups in total. The molecule has 1 saturated carbocycles. The molecule has 11 heavy (non-hydrogen) atoms. The van der Waals surface area contributed by atoms with Gasteiger partial charge >= 0.3 is 0 Å². The first-order chi connectivity index (χ1) is 4.94. The van der Waals surface area contributed by atoms with Crippen LogP contribution in [0, 0.1) is 17.3 Å². The van der Waals surface area contributed by atoms with Crippen LogP contribution >= 0.6 is 0 Å². The number of hydrogen-bond acceptors (Lipinski definition) is 1. The standard InChI is InChI=1S/C10H16O/c1-9(2)7-4-5-10(3,11)8(9)6-7/h4-5,7-8,11H,6H2,1-3H3/t7-,8+,10?/m0/s1. The van der Waals surface area contributed by atoms with Crippen LogP contribution in [0.15, 0.2) is 12.2 Å². The van der Waals surface area contributed by atoms with Crippen LogP contribution in [-0.4, -0.2) is 10.7 Å². The minimum absolute atomic E-state index is 0.332. The lowest BCUT2D eigenvalue weighted by Gasteiger charge is -2.59. The van der Waals surface area contributed by atoms with Crippen molar-refractivity contribution in [1.82, 2.24) is 0 Å². The SMILES string of the molecule is CC1(O)C=C[C@H]2C[C@@H]1C2(C)C. The van der Waals surface area contributed by atoms with Gasteiger partial charge in [0.1, 0.15) is 0 Å². The molecule has 0 aromatic heterocycles. The summed E-state index contributed by atoms with van der Waals surface area (Å²) in [5, 5.41) is 9.93. The fourth-order valence-electron chi connectivity index (χ4n) is 2.70. The van der Waals surface area contributed by atoms with Crippen molar-refractivity contribution in [3.63, 3.8) is 0 Å². The predicted octanol–water partition coefficient (Wildman–Crippen LogP) is 1.97. The van der Waals surface area contributed by atoms with Crippen LogP contribution in [-0.2, 0) is 0 Å². The first kappa shape index (κ1) is 7.35. The van der Waals surface area contributed by atoms with Gasteiger partial charge in [0.15, 0.2) is 0 Å². The first-order valence-corrected chi connectivity index (χ1v) is 4.36. The smallest absolute Gasteiger partial charge is 0.0833 e. The molecule has 3 rings (SSSR count). The molecular weight excluding hydrogens is 136 g/mol. The van der Waals surface area contributed by atoms with Crippen molar-refractivity contribution < 1.29 is 5.11 Å². The maximum Gasteiger partial charge on any atom is 0.0833 e. The monoisotopic (exact) mass is 152 g/mol. The van der Waals surface area contributed by atoms with Gasteiger partial charge in [-0.25, -0.2) is 0 Å². The maximum absolute atomic E-state index is 9.93. The molecule has 1 fully saturated rings. The molecule has 3 aliphatic carbocycles. The number of rotatable bonds is 0. The Morgan fingerprint density at radius 2 is 2.00 bits per heavy atom. The summed E-state index contributed by atoms with van der Waals surface area (Å²) >= 11 is 0. The van der Waals surface area contributed by atoms with E-state index in [9.17, 15) is 5.11 Å². The quantitative estimate of drug-likeness (QED) is 0.526. The van der Waals surface area contributed by atoms with E-state index < -0.39 is 5.60 Å². The van der Waals surface area contributed by atoms with Gasteiger partial charge in [-0.1, -0.05) is 26.0 Å². The van der Waals surface area contributed by atoms with Crippen LogP contribution in [0.4, 0.5) is 0 Å². The third kappa shape index (κ3) is 0.750. The van der Waals surface area contributed by atoms with Crippen molar-refractivity contribution in [2.45, 2.75) is 32.8 Å². The third-order valence-corrected chi connectivity index (χ3v) is 3.71. The second kappa shape index (κ2) is 1.71. The Morgan fingerprint density at radius 3 is 2.27 bits per heavy atom. The molecule has 1 heteroatoms. The number of fused-ring (bicyclic) bond motifs is 1. The second-order valence-corrected chi connectivity index (χ2v) is 4.80. The average Bonchev–Trinajstić information content (AvgIpc) is 1.84. The molecule has 1 unspecified atom stereocenters. The summed E-state index contributed by atoms with van der Waals surface area (Å²) in [5.41, 5.74) is -0.212. The minimum Gasteiger partial charge on any atom is -0.386 e. The van der Waals surface area contributed by atoms with Gasteiger partial charge in [-0.05, 0) is 30.6 Å². The number of hydrogen-bond donors (Lipinski definition) is 1. The van der Waals surface area contributed by atoms with Gasteiger partial charge in [0.25, 0.3) is 0 Å². The Bertz CT molecular complexity index is 213. The van der Waals surface area contributed by atoms with Crippen molar-refractivity contribution in [3.8, 4) is 0 Å². The van der Waals surface area contributed by atoms with Crippen molar-refractivity contribution in [1.29, 1.82) is 0 Å². The third-order valence-electron chi connectivity index (χ3n) is 3.71. The lowest BCUT2D eigenvalue weighted by Crippen LogP contribution is -2.57. The summed E-state index contributed by atoms with van der Waals surface area (Å²) in [6, 6.07) is 0. The highest BCUT2D eigenvalue weighted by atomic mass is 16.3. The van der Waals surface area contributed by atoms with Gasteiger partial charge in [0.05, 0.1) is 5.60 Å². The van der Waals surface area contributed by atoms with Crippen LogP contribution < -0.4 is 0 Å². The van der Waals surface area contributed by atoms with Gasteiger partial charge in [-0.15, -0.1) is 0 Å². The zero-order valence-electron chi connectivity index (χ0n) is 7.46. The van der Waals surface area contributed by atoms with Crippen molar-refractivity contribution in [2.24, 2.45) is 17.3 Å². The highest BCUT2D eigenvalue weighted by Gasteiger charge is 2.56. The molecule has 0 aromatic rings. The lowest BCUT2D eigenvalue weighted by molar-refractivity contribution is -0.121. The minimum atomic E-state index is -0.543. The van der Waals surface area contributed by atoms with Gasteiger partial charge in [-0.2, -0.15) is 0 Å². The topological polar surface area (TPSA) is 20.2 Å². The highest BCUT2D eigenvalue weighted by molar-refractivity contribution is 5.22. The van der Waals surface area contributed by atoms with Crippen molar-refractivity contribution in [2.75, 3.05) is 0 Å². The lowest BCUT2D eigenvalue weighted by atomic mass is 9.47. The van der Waals surface area contributed by atoms with Gasteiger partial charge in [0.2, 0.25) is 0 Å². The Balaban J connectivity index is 2.36. The van der Waals surface area contributed by atoms with E-state index in [2.05, 4.69) is 19.9 Å². The fourth-order valence-corrected chi connectivity index (χ4v) is 2.70. The maximum atomic E-state index is 9.93. The van der Waals surface area contributed by atoms with E-state index in [4.69, 9.17) is 0 Å². The Hall–Kier alpha value is -0.300. The summed E-state index contributed by atoms with van der Waals surface area (Å²) in [6.07, 6.45) is 5.33. The van der Waals surface area contributed by atoms with E-state index in [1.165, 1.54) is 6.42 Å². The Morgan fingerprint density at radius 1 is 1.36 bits per heavy atom. The molecule has 1 nitrogen and oxygen atoms in total. The molecule has 0 saturated heterocycles. The van der Waals surface area contributed by atoms with Crippen molar-refractivity contribution in [3.05, 3.63) is 12.2 Å².